The first-order valence-electron chi connectivity index (χ1n) is 6.50. The molecule has 5 heteroatoms. The molecule has 1 aliphatic heterocycles. The number of anilines is 2. The van der Waals surface area contributed by atoms with Crippen molar-refractivity contribution in [2.45, 2.75) is 26.7 Å². The van der Waals surface area contributed by atoms with Crippen molar-refractivity contribution in [3.05, 3.63) is 16.1 Å². The van der Waals surface area contributed by atoms with Gasteiger partial charge >= 0.3 is 0 Å². The van der Waals surface area contributed by atoms with Gasteiger partial charge in [0.15, 0.2) is 0 Å². The highest BCUT2D eigenvalue weighted by molar-refractivity contribution is 6.37. The maximum Gasteiger partial charge on any atom is 0.149 e. The molecule has 2 heterocycles. The first-order valence-corrected chi connectivity index (χ1v) is 7.26. The van der Waals surface area contributed by atoms with Crippen LogP contribution in [0.3, 0.4) is 0 Å². The van der Waals surface area contributed by atoms with Crippen molar-refractivity contribution in [1.82, 2.24) is 4.98 Å². The largest absolute Gasteiger partial charge is 0.369 e. The Morgan fingerprint density at radius 1 is 1.39 bits per heavy atom. The number of nitrogens with one attached hydrogen (secondary N) is 1. The molecule has 1 atom stereocenters. The molecule has 1 fully saturated rings. The lowest BCUT2D eigenvalue weighted by Gasteiger charge is -2.20. The summed E-state index contributed by atoms with van der Waals surface area (Å²) in [5.74, 6) is 2.33. The molecule has 0 spiro atoms. The average molecular weight is 288 g/mol. The molecule has 1 aromatic rings. The molecular weight excluding hydrogens is 269 g/mol. The van der Waals surface area contributed by atoms with Gasteiger partial charge in [0.2, 0.25) is 0 Å². The number of pyridine rings is 1. The Kier molecular flexibility index (Phi) is 4.57. The molecule has 1 aromatic heterocycles. The second kappa shape index (κ2) is 5.98. The van der Waals surface area contributed by atoms with Crippen molar-refractivity contribution in [2.24, 2.45) is 5.92 Å². The van der Waals surface area contributed by atoms with Crippen LogP contribution in [0.2, 0.25) is 10.0 Å². The zero-order chi connectivity index (χ0) is 13.1. The van der Waals surface area contributed by atoms with Crippen molar-refractivity contribution < 1.29 is 0 Å². The van der Waals surface area contributed by atoms with Crippen LogP contribution in [-0.2, 0) is 0 Å². The van der Waals surface area contributed by atoms with Gasteiger partial charge in [0.05, 0.1) is 10.0 Å². The number of nitrogens with zero attached hydrogens (tertiary/aromatic N) is 2. The summed E-state index contributed by atoms with van der Waals surface area (Å²) >= 11 is 12.4. The molecule has 100 valence electrons. The Balaban J connectivity index is 2.24. The number of halogens is 2. The summed E-state index contributed by atoms with van der Waals surface area (Å²) in [7, 11) is 0. The fourth-order valence-corrected chi connectivity index (χ4v) is 2.87. The van der Waals surface area contributed by atoms with E-state index in [1.807, 2.05) is 6.92 Å². The van der Waals surface area contributed by atoms with E-state index >= 15 is 0 Å². The highest BCUT2D eigenvalue weighted by Gasteiger charge is 2.24. The van der Waals surface area contributed by atoms with Crippen molar-refractivity contribution in [2.75, 3.05) is 29.9 Å². The fraction of sp³-hybridized carbons (Fsp3) is 0.615. The third-order valence-corrected chi connectivity index (χ3v) is 3.98. The van der Waals surface area contributed by atoms with E-state index in [-0.39, 0.29) is 0 Å². The smallest absolute Gasteiger partial charge is 0.149 e. The van der Waals surface area contributed by atoms with E-state index in [1.54, 1.807) is 6.07 Å². The summed E-state index contributed by atoms with van der Waals surface area (Å²) in [6, 6.07) is 1.78. The van der Waals surface area contributed by atoms with Crippen molar-refractivity contribution in [3.8, 4) is 0 Å². The van der Waals surface area contributed by atoms with Gasteiger partial charge in [-0.3, -0.25) is 0 Å². The van der Waals surface area contributed by atoms with E-state index in [4.69, 9.17) is 23.2 Å². The molecule has 1 aliphatic rings. The lowest BCUT2D eigenvalue weighted by molar-refractivity contribution is 0.569. The van der Waals surface area contributed by atoms with Crippen molar-refractivity contribution in [1.29, 1.82) is 0 Å². The molecule has 1 saturated heterocycles. The Morgan fingerprint density at radius 2 is 2.17 bits per heavy atom. The molecular formula is C13H19Cl2N3. The topological polar surface area (TPSA) is 28.2 Å². The van der Waals surface area contributed by atoms with Gasteiger partial charge in [0.1, 0.15) is 11.6 Å². The van der Waals surface area contributed by atoms with Crippen LogP contribution in [0.4, 0.5) is 11.6 Å². The number of hydrogen-bond acceptors (Lipinski definition) is 3. The van der Waals surface area contributed by atoms with Gasteiger partial charge in [-0.05, 0) is 25.3 Å². The first kappa shape index (κ1) is 13.8. The minimum atomic E-state index is 0.580. The first-order chi connectivity index (χ1) is 8.65. The van der Waals surface area contributed by atoms with Crippen LogP contribution in [0.25, 0.3) is 0 Å². The maximum absolute atomic E-state index is 6.26. The van der Waals surface area contributed by atoms with E-state index in [0.717, 1.165) is 37.2 Å². The molecule has 0 saturated carbocycles. The quantitative estimate of drug-likeness (QED) is 0.905. The summed E-state index contributed by atoms with van der Waals surface area (Å²) in [6.45, 7) is 7.12. The SMILES string of the molecule is CCNc1nc(N2CCC(CC)C2)c(Cl)cc1Cl. The van der Waals surface area contributed by atoms with Crippen LogP contribution >= 0.6 is 23.2 Å². The predicted octanol–water partition coefficient (Wildman–Crippen LogP) is 4.06. The van der Waals surface area contributed by atoms with Gasteiger partial charge in [0, 0.05) is 19.6 Å². The predicted molar refractivity (Wildman–Crippen MR) is 79.0 cm³/mol. The molecule has 1 N–H and O–H groups in total. The summed E-state index contributed by atoms with van der Waals surface area (Å²) in [5, 5.41) is 4.38. The lowest BCUT2D eigenvalue weighted by atomic mass is 10.1. The summed E-state index contributed by atoms with van der Waals surface area (Å²) in [6.07, 6.45) is 2.43. The molecule has 3 nitrogen and oxygen atoms in total. The minimum absolute atomic E-state index is 0.580. The van der Waals surface area contributed by atoms with E-state index < -0.39 is 0 Å². The van der Waals surface area contributed by atoms with Crippen LogP contribution in [0.5, 0.6) is 0 Å². The highest BCUT2D eigenvalue weighted by atomic mass is 35.5. The average Bonchev–Trinajstić information content (AvgIpc) is 2.81. The van der Waals surface area contributed by atoms with Gasteiger partial charge in [0.25, 0.3) is 0 Å². The van der Waals surface area contributed by atoms with E-state index in [9.17, 15) is 0 Å². The van der Waals surface area contributed by atoms with Crippen LogP contribution in [0.15, 0.2) is 6.07 Å². The van der Waals surface area contributed by atoms with E-state index in [0.29, 0.717) is 10.0 Å². The van der Waals surface area contributed by atoms with Crippen LogP contribution in [-0.4, -0.2) is 24.6 Å². The van der Waals surface area contributed by atoms with Crippen LogP contribution in [0, 0.1) is 5.92 Å². The molecule has 2 rings (SSSR count). The Labute approximate surface area is 118 Å². The van der Waals surface area contributed by atoms with E-state index in [2.05, 4.69) is 22.1 Å². The molecule has 0 radical (unpaired) electrons. The normalized spacial score (nSPS) is 19.3. The molecule has 18 heavy (non-hydrogen) atoms. The standard InChI is InChI=1S/C13H19Cl2N3/c1-3-9-5-6-18(8-9)13-11(15)7-10(14)12(17-13)16-4-2/h7,9H,3-6,8H2,1-2H3,(H,16,17). The number of aromatic nitrogens is 1. The van der Waals surface area contributed by atoms with E-state index in [1.165, 1.54) is 12.8 Å². The summed E-state index contributed by atoms with van der Waals surface area (Å²) < 4.78 is 0. The third kappa shape index (κ3) is 2.83. The molecule has 0 amide bonds. The van der Waals surface area contributed by atoms with Crippen molar-refractivity contribution in [3.63, 3.8) is 0 Å². The van der Waals surface area contributed by atoms with Gasteiger partial charge in [-0.25, -0.2) is 4.98 Å². The second-order valence-corrected chi connectivity index (χ2v) is 5.48. The fourth-order valence-electron chi connectivity index (χ4n) is 2.33. The maximum atomic E-state index is 6.26. The Bertz CT molecular complexity index is 423. The van der Waals surface area contributed by atoms with Gasteiger partial charge in [-0.15, -0.1) is 0 Å². The zero-order valence-corrected chi connectivity index (χ0v) is 12.4. The molecule has 0 aliphatic carbocycles. The second-order valence-electron chi connectivity index (χ2n) is 4.66. The van der Waals surface area contributed by atoms with Crippen LogP contribution in [0.1, 0.15) is 26.7 Å². The highest BCUT2D eigenvalue weighted by Crippen LogP contribution is 2.34. The van der Waals surface area contributed by atoms with Gasteiger partial charge < -0.3 is 10.2 Å². The Morgan fingerprint density at radius 3 is 2.78 bits per heavy atom. The summed E-state index contributed by atoms with van der Waals surface area (Å²) in [4.78, 5) is 6.82. The number of hydrogen-bond donors (Lipinski definition) is 1. The monoisotopic (exact) mass is 287 g/mol. The van der Waals surface area contributed by atoms with Crippen molar-refractivity contribution >= 4 is 34.8 Å². The van der Waals surface area contributed by atoms with Gasteiger partial charge in [-0.1, -0.05) is 36.5 Å². The molecule has 1 unspecified atom stereocenters. The Hall–Kier alpha value is -0.670. The molecule has 0 aromatic carbocycles. The summed E-state index contributed by atoms with van der Waals surface area (Å²) in [5.41, 5.74) is 0. The zero-order valence-electron chi connectivity index (χ0n) is 10.8. The lowest BCUT2D eigenvalue weighted by Crippen LogP contribution is -2.21. The molecule has 0 bridgehead atoms. The minimum Gasteiger partial charge on any atom is -0.369 e. The number of rotatable bonds is 4. The van der Waals surface area contributed by atoms with Crippen LogP contribution < -0.4 is 10.2 Å². The third-order valence-electron chi connectivity index (χ3n) is 3.42. The van der Waals surface area contributed by atoms with Gasteiger partial charge in [-0.2, -0.15) is 0 Å².